The molecule has 1 aromatic rings. The Morgan fingerprint density at radius 1 is 1.30 bits per heavy atom. The van der Waals surface area contributed by atoms with Crippen LogP contribution in [0.4, 0.5) is 5.69 Å². The van der Waals surface area contributed by atoms with Gasteiger partial charge in [0.25, 0.3) is 5.91 Å². The highest BCUT2D eigenvalue weighted by molar-refractivity contribution is 6.08. The van der Waals surface area contributed by atoms with Crippen molar-refractivity contribution in [2.24, 2.45) is 5.92 Å². The summed E-state index contributed by atoms with van der Waals surface area (Å²) >= 11 is 0. The molecule has 5 nitrogen and oxygen atoms in total. The smallest absolute Gasteiger partial charge is 0.261 e. The minimum Gasteiger partial charge on any atom is -0.375 e. The summed E-state index contributed by atoms with van der Waals surface area (Å²) in [6, 6.07) is 6.89. The quantitative estimate of drug-likeness (QED) is 0.807. The van der Waals surface area contributed by atoms with E-state index in [1.807, 2.05) is 13.8 Å². The number of amides is 1. The molecule has 2 heterocycles. The summed E-state index contributed by atoms with van der Waals surface area (Å²) in [5.41, 5.74) is -1.37. The first-order valence-corrected chi connectivity index (χ1v) is 6.64. The maximum atomic E-state index is 12.3. The van der Waals surface area contributed by atoms with Crippen molar-refractivity contribution in [2.75, 3.05) is 11.9 Å². The van der Waals surface area contributed by atoms with E-state index in [1.54, 1.807) is 24.3 Å². The van der Waals surface area contributed by atoms with E-state index in [4.69, 9.17) is 4.74 Å². The number of Topliss-reactive ketones (excluding diaryl/α,β-unsaturated/α-hetero) is 1. The van der Waals surface area contributed by atoms with Gasteiger partial charge in [0.2, 0.25) is 0 Å². The van der Waals surface area contributed by atoms with E-state index < -0.39 is 23.0 Å². The Morgan fingerprint density at radius 2 is 2.00 bits per heavy atom. The van der Waals surface area contributed by atoms with Crippen molar-refractivity contribution in [3.63, 3.8) is 0 Å². The van der Waals surface area contributed by atoms with Crippen LogP contribution in [-0.2, 0) is 19.9 Å². The number of carbonyl (C=O) groups excluding carboxylic acids is 2. The lowest BCUT2D eigenvalue weighted by Gasteiger charge is -2.38. The SMILES string of the molecule is CC1(C)CC(=O)[C@@H]([C@]2(O)C(=O)Nc3ccccc32)CO1. The Hall–Kier alpha value is -1.72. The van der Waals surface area contributed by atoms with Crippen molar-refractivity contribution in [1.82, 2.24) is 0 Å². The summed E-state index contributed by atoms with van der Waals surface area (Å²) in [6.07, 6.45) is 0.190. The number of carbonyl (C=O) groups is 2. The first-order valence-electron chi connectivity index (χ1n) is 6.64. The van der Waals surface area contributed by atoms with Gasteiger partial charge in [0.05, 0.1) is 18.1 Å². The third kappa shape index (κ3) is 1.77. The van der Waals surface area contributed by atoms with Crippen molar-refractivity contribution in [3.05, 3.63) is 29.8 Å². The van der Waals surface area contributed by atoms with Crippen LogP contribution >= 0.6 is 0 Å². The van der Waals surface area contributed by atoms with E-state index in [-0.39, 0.29) is 18.8 Å². The van der Waals surface area contributed by atoms with Gasteiger partial charge in [-0.1, -0.05) is 18.2 Å². The molecule has 1 saturated heterocycles. The second-order valence-corrected chi connectivity index (χ2v) is 6.03. The Kier molecular flexibility index (Phi) is 2.74. The molecule has 0 aromatic heterocycles. The van der Waals surface area contributed by atoms with Gasteiger partial charge < -0.3 is 15.2 Å². The fraction of sp³-hybridized carbons (Fsp3) is 0.467. The van der Waals surface area contributed by atoms with Crippen molar-refractivity contribution in [2.45, 2.75) is 31.5 Å². The summed E-state index contributed by atoms with van der Waals surface area (Å²) in [5, 5.41) is 13.5. The summed E-state index contributed by atoms with van der Waals surface area (Å²) < 4.78 is 5.63. The van der Waals surface area contributed by atoms with Gasteiger partial charge in [0.1, 0.15) is 5.78 Å². The number of ketones is 1. The highest BCUT2D eigenvalue weighted by atomic mass is 16.5. The van der Waals surface area contributed by atoms with Crippen LogP contribution in [0.25, 0.3) is 0 Å². The number of hydrogen-bond donors (Lipinski definition) is 2. The molecule has 0 aliphatic carbocycles. The minimum absolute atomic E-state index is 0.0457. The molecule has 1 fully saturated rings. The predicted octanol–water partition coefficient (Wildman–Crippen LogP) is 1.21. The molecule has 0 radical (unpaired) electrons. The second-order valence-electron chi connectivity index (χ2n) is 6.03. The summed E-state index contributed by atoms with van der Waals surface area (Å²) in [5.74, 6) is -1.56. The van der Waals surface area contributed by atoms with Crippen LogP contribution in [0.5, 0.6) is 0 Å². The van der Waals surface area contributed by atoms with Gasteiger partial charge >= 0.3 is 0 Å². The average molecular weight is 275 g/mol. The van der Waals surface area contributed by atoms with E-state index in [1.165, 1.54) is 0 Å². The van der Waals surface area contributed by atoms with Crippen molar-refractivity contribution < 1.29 is 19.4 Å². The first-order chi connectivity index (χ1) is 9.34. The summed E-state index contributed by atoms with van der Waals surface area (Å²) in [7, 11) is 0. The Balaban J connectivity index is 2.01. The van der Waals surface area contributed by atoms with Crippen LogP contribution in [0.2, 0.25) is 0 Å². The number of para-hydroxylation sites is 1. The maximum absolute atomic E-state index is 12.3. The zero-order valence-corrected chi connectivity index (χ0v) is 11.5. The molecule has 0 bridgehead atoms. The monoisotopic (exact) mass is 275 g/mol. The molecule has 106 valence electrons. The van der Waals surface area contributed by atoms with Crippen LogP contribution in [0.1, 0.15) is 25.8 Å². The third-order valence-electron chi connectivity index (χ3n) is 4.07. The second kappa shape index (κ2) is 4.14. The van der Waals surface area contributed by atoms with E-state index in [9.17, 15) is 14.7 Å². The minimum atomic E-state index is -1.83. The lowest BCUT2D eigenvalue weighted by Crippen LogP contribution is -2.52. The molecule has 2 aliphatic rings. The zero-order chi connectivity index (χ0) is 14.5. The Morgan fingerprint density at radius 3 is 2.70 bits per heavy atom. The topological polar surface area (TPSA) is 75.6 Å². The molecule has 0 saturated carbocycles. The number of nitrogens with one attached hydrogen (secondary N) is 1. The van der Waals surface area contributed by atoms with Gasteiger partial charge in [-0.25, -0.2) is 0 Å². The fourth-order valence-corrected chi connectivity index (χ4v) is 2.96. The largest absolute Gasteiger partial charge is 0.375 e. The molecule has 5 heteroatoms. The van der Waals surface area contributed by atoms with Crippen molar-refractivity contribution >= 4 is 17.4 Å². The van der Waals surface area contributed by atoms with Gasteiger partial charge in [0, 0.05) is 17.7 Å². The van der Waals surface area contributed by atoms with Crippen LogP contribution in [0, 0.1) is 5.92 Å². The molecular weight excluding hydrogens is 258 g/mol. The molecule has 1 aromatic carbocycles. The number of rotatable bonds is 1. The highest BCUT2D eigenvalue weighted by Gasteiger charge is 2.55. The standard InChI is InChI=1S/C15H17NO4/c1-14(2)7-12(17)10(8-20-14)15(19)9-5-3-4-6-11(9)16-13(15)18/h3-6,10,19H,7-8H2,1-2H3,(H,16,18)/t10-,15-/m0/s1. The summed E-state index contributed by atoms with van der Waals surface area (Å²) in [6.45, 7) is 3.70. The van der Waals surface area contributed by atoms with Crippen LogP contribution in [0.15, 0.2) is 24.3 Å². The van der Waals surface area contributed by atoms with E-state index in [0.29, 0.717) is 11.3 Å². The van der Waals surface area contributed by atoms with Crippen molar-refractivity contribution in [3.8, 4) is 0 Å². The molecule has 3 rings (SSSR count). The lowest BCUT2D eigenvalue weighted by atomic mass is 9.76. The van der Waals surface area contributed by atoms with Crippen LogP contribution < -0.4 is 5.32 Å². The molecular formula is C15H17NO4. The zero-order valence-electron chi connectivity index (χ0n) is 11.5. The van der Waals surface area contributed by atoms with Gasteiger partial charge in [0.15, 0.2) is 5.60 Å². The molecule has 1 amide bonds. The number of ether oxygens (including phenoxy) is 1. The average Bonchev–Trinajstić information content (AvgIpc) is 2.61. The predicted molar refractivity (Wildman–Crippen MR) is 72.1 cm³/mol. The lowest BCUT2D eigenvalue weighted by molar-refractivity contribution is -0.171. The van der Waals surface area contributed by atoms with Gasteiger partial charge in [-0.3, -0.25) is 9.59 Å². The molecule has 2 N–H and O–H groups in total. The van der Waals surface area contributed by atoms with Gasteiger partial charge in [-0.05, 0) is 19.9 Å². The molecule has 2 atom stereocenters. The van der Waals surface area contributed by atoms with Gasteiger partial charge in [-0.2, -0.15) is 0 Å². The number of aliphatic hydroxyl groups is 1. The van der Waals surface area contributed by atoms with E-state index in [2.05, 4.69) is 5.32 Å². The molecule has 0 spiro atoms. The number of fused-ring (bicyclic) bond motifs is 1. The first kappa shape index (κ1) is 13.3. The van der Waals surface area contributed by atoms with Crippen LogP contribution in [0.3, 0.4) is 0 Å². The summed E-state index contributed by atoms with van der Waals surface area (Å²) in [4.78, 5) is 24.5. The van der Waals surface area contributed by atoms with Crippen LogP contribution in [-0.4, -0.2) is 29.0 Å². The maximum Gasteiger partial charge on any atom is 0.261 e. The third-order valence-corrected chi connectivity index (χ3v) is 4.07. The van der Waals surface area contributed by atoms with E-state index in [0.717, 1.165) is 0 Å². The molecule has 2 aliphatic heterocycles. The fourth-order valence-electron chi connectivity index (χ4n) is 2.96. The molecule has 0 unspecified atom stereocenters. The molecule has 20 heavy (non-hydrogen) atoms. The number of benzene rings is 1. The van der Waals surface area contributed by atoms with E-state index >= 15 is 0 Å². The Bertz CT molecular complexity index is 595. The number of hydrogen-bond acceptors (Lipinski definition) is 4. The number of anilines is 1. The van der Waals surface area contributed by atoms with Gasteiger partial charge in [-0.15, -0.1) is 0 Å². The normalized spacial score (nSPS) is 31.9. The highest BCUT2D eigenvalue weighted by Crippen LogP contribution is 2.44. The van der Waals surface area contributed by atoms with Crippen molar-refractivity contribution in [1.29, 1.82) is 0 Å². The Labute approximate surface area is 116 Å².